The van der Waals surface area contributed by atoms with Gasteiger partial charge in [-0.1, -0.05) is 0 Å². The lowest BCUT2D eigenvalue weighted by molar-refractivity contribution is 0.249. The number of nitrogens with one attached hydrogen (secondary N) is 1. The van der Waals surface area contributed by atoms with Crippen LogP contribution in [-0.4, -0.2) is 26.7 Å². The summed E-state index contributed by atoms with van der Waals surface area (Å²) in [6.07, 6.45) is 1.96. The van der Waals surface area contributed by atoms with E-state index in [4.69, 9.17) is 5.11 Å². The predicted octanol–water partition coefficient (Wildman–Crippen LogP) is 1.54. The molecule has 112 valence electrons. The van der Waals surface area contributed by atoms with Crippen molar-refractivity contribution in [3.8, 4) is 0 Å². The van der Waals surface area contributed by atoms with E-state index < -0.39 is 32.4 Å². The Labute approximate surface area is 114 Å². The molecule has 1 aromatic rings. The third-order valence-corrected chi connectivity index (χ3v) is 4.94. The van der Waals surface area contributed by atoms with E-state index in [1.165, 1.54) is 0 Å². The number of aliphatic hydroxyl groups is 1. The lowest BCUT2D eigenvalue weighted by atomic mass is 10.0. The van der Waals surface area contributed by atoms with E-state index in [1.807, 2.05) is 0 Å². The Balaban J connectivity index is 2.17. The van der Waals surface area contributed by atoms with Crippen molar-refractivity contribution in [1.82, 2.24) is 4.72 Å². The molecule has 8 heteroatoms. The van der Waals surface area contributed by atoms with Crippen LogP contribution in [0.4, 0.5) is 13.2 Å². The molecule has 2 N–H and O–H groups in total. The topological polar surface area (TPSA) is 66.4 Å². The smallest absolute Gasteiger partial charge is 0.243 e. The highest BCUT2D eigenvalue weighted by molar-refractivity contribution is 7.89. The van der Waals surface area contributed by atoms with Gasteiger partial charge in [0.15, 0.2) is 17.5 Å². The van der Waals surface area contributed by atoms with Gasteiger partial charge in [-0.2, -0.15) is 0 Å². The van der Waals surface area contributed by atoms with Gasteiger partial charge in [0.2, 0.25) is 10.0 Å². The van der Waals surface area contributed by atoms with E-state index in [0.29, 0.717) is 18.6 Å². The van der Waals surface area contributed by atoms with Gasteiger partial charge in [-0.25, -0.2) is 26.3 Å². The molecule has 1 aliphatic rings. The van der Waals surface area contributed by atoms with Crippen LogP contribution in [-0.2, 0) is 10.0 Å². The third kappa shape index (κ3) is 2.97. The van der Waals surface area contributed by atoms with Gasteiger partial charge >= 0.3 is 0 Å². The van der Waals surface area contributed by atoms with E-state index in [1.54, 1.807) is 0 Å². The molecule has 0 saturated heterocycles. The zero-order valence-electron chi connectivity index (χ0n) is 10.5. The standard InChI is InChI=1S/C12H14F3NO3S/c13-8-1-2-9(11(15)10(8)14)20(18,19)16-7-12(3-4-12)5-6-17/h1-2,16-17H,3-7H2. The first-order chi connectivity index (χ1) is 9.31. The fraction of sp³-hybridized carbons (Fsp3) is 0.500. The van der Waals surface area contributed by atoms with Crippen molar-refractivity contribution in [2.45, 2.75) is 24.2 Å². The van der Waals surface area contributed by atoms with Crippen molar-refractivity contribution >= 4 is 10.0 Å². The minimum atomic E-state index is -4.26. The second kappa shape index (κ2) is 5.34. The van der Waals surface area contributed by atoms with Crippen LogP contribution in [0.5, 0.6) is 0 Å². The maximum atomic E-state index is 13.5. The summed E-state index contributed by atoms with van der Waals surface area (Å²) in [6.45, 7) is -0.0321. The highest BCUT2D eigenvalue weighted by Crippen LogP contribution is 2.48. The number of hydrogen-bond donors (Lipinski definition) is 2. The largest absolute Gasteiger partial charge is 0.396 e. The molecule has 0 unspecified atom stereocenters. The number of hydrogen-bond acceptors (Lipinski definition) is 3. The van der Waals surface area contributed by atoms with Crippen molar-refractivity contribution in [3.63, 3.8) is 0 Å². The highest BCUT2D eigenvalue weighted by Gasteiger charge is 2.42. The van der Waals surface area contributed by atoms with Crippen molar-refractivity contribution in [3.05, 3.63) is 29.6 Å². The Kier molecular flexibility index (Phi) is 4.08. The second-order valence-electron chi connectivity index (χ2n) is 4.97. The molecule has 0 heterocycles. The van der Waals surface area contributed by atoms with Crippen molar-refractivity contribution in [2.75, 3.05) is 13.2 Å². The summed E-state index contributed by atoms with van der Waals surface area (Å²) >= 11 is 0. The van der Waals surface area contributed by atoms with E-state index >= 15 is 0 Å². The molecule has 0 aromatic heterocycles. The lowest BCUT2D eigenvalue weighted by Gasteiger charge is -2.15. The number of halogens is 3. The molecule has 2 rings (SSSR count). The molecule has 1 saturated carbocycles. The monoisotopic (exact) mass is 309 g/mol. The number of sulfonamides is 1. The fourth-order valence-electron chi connectivity index (χ4n) is 1.97. The summed E-state index contributed by atoms with van der Waals surface area (Å²) in [6, 6.07) is 1.25. The van der Waals surface area contributed by atoms with Crippen LogP contribution in [0.3, 0.4) is 0 Å². The Morgan fingerprint density at radius 2 is 1.85 bits per heavy atom. The molecule has 0 spiro atoms. The van der Waals surface area contributed by atoms with E-state index in [0.717, 1.165) is 12.8 Å². The van der Waals surface area contributed by atoms with E-state index in [2.05, 4.69) is 4.72 Å². The molecule has 1 fully saturated rings. The first-order valence-electron chi connectivity index (χ1n) is 6.05. The van der Waals surface area contributed by atoms with Crippen molar-refractivity contribution < 1.29 is 26.7 Å². The Bertz CT molecular complexity index is 615. The Hall–Kier alpha value is -1.12. The molecule has 1 aliphatic carbocycles. The van der Waals surface area contributed by atoms with Crippen LogP contribution >= 0.6 is 0 Å². The van der Waals surface area contributed by atoms with Crippen LogP contribution in [0, 0.1) is 22.9 Å². The van der Waals surface area contributed by atoms with Crippen LogP contribution in [0.15, 0.2) is 17.0 Å². The van der Waals surface area contributed by atoms with Crippen LogP contribution in [0.25, 0.3) is 0 Å². The highest BCUT2D eigenvalue weighted by atomic mass is 32.2. The number of aliphatic hydroxyl groups excluding tert-OH is 1. The summed E-state index contributed by atoms with van der Waals surface area (Å²) in [4.78, 5) is -0.920. The molecular formula is C12H14F3NO3S. The Morgan fingerprint density at radius 3 is 2.40 bits per heavy atom. The maximum Gasteiger partial charge on any atom is 0.243 e. The molecule has 0 amide bonds. The van der Waals surface area contributed by atoms with Gasteiger partial charge in [-0.3, -0.25) is 0 Å². The van der Waals surface area contributed by atoms with Gasteiger partial charge in [0.05, 0.1) is 0 Å². The average Bonchev–Trinajstić information content (AvgIpc) is 3.14. The quantitative estimate of drug-likeness (QED) is 0.784. The SMILES string of the molecule is O=S(=O)(NCC1(CCO)CC1)c1ccc(F)c(F)c1F. The van der Waals surface area contributed by atoms with Crippen molar-refractivity contribution in [2.24, 2.45) is 5.41 Å². The van der Waals surface area contributed by atoms with Gasteiger partial charge in [-0.15, -0.1) is 0 Å². The van der Waals surface area contributed by atoms with Crippen molar-refractivity contribution in [1.29, 1.82) is 0 Å². The van der Waals surface area contributed by atoms with Gasteiger partial charge in [-0.05, 0) is 36.8 Å². The molecule has 1 aromatic carbocycles. The molecule has 0 radical (unpaired) electrons. The number of benzene rings is 1. The lowest BCUT2D eigenvalue weighted by Crippen LogP contribution is -2.31. The summed E-state index contributed by atoms with van der Waals surface area (Å²) in [7, 11) is -4.26. The summed E-state index contributed by atoms with van der Waals surface area (Å²) in [5.74, 6) is -4.99. The molecular weight excluding hydrogens is 295 g/mol. The minimum absolute atomic E-state index is 0.0360. The molecule has 0 aliphatic heterocycles. The van der Waals surface area contributed by atoms with E-state index in [-0.39, 0.29) is 18.6 Å². The summed E-state index contributed by atoms with van der Waals surface area (Å²) in [5.41, 5.74) is -0.309. The molecule has 0 atom stereocenters. The van der Waals surface area contributed by atoms with E-state index in [9.17, 15) is 21.6 Å². The fourth-order valence-corrected chi connectivity index (χ4v) is 3.20. The second-order valence-corrected chi connectivity index (χ2v) is 6.71. The summed E-state index contributed by atoms with van der Waals surface area (Å²) < 4.78 is 65.3. The van der Waals surface area contributed by atoms with Gasteiger partial charge in [0.25, 0.3) is 0 Å². The zero-order valence-corrected chi connectivity index (χ0v) is 11.3. The molecule has 20 heavy (non-hydrogen) atoms. The maximum absolute atomic E-state index is 13.5. The van der Waals surface area contributed by atoms with Crippen LogP contribution in [0.1, 0.15) is 19.3 Å². The minimum Gasteiger partial charge on any atom is -0.396 e. The third-order valence-electron chi connectivity index (χ3n) is 3.53. The Morgan fingerprint density at radius 1 is 1.20 bits per heavy atom. The molecule has 0 bridgehead atoms. The predicted molar refractivity (Wildman–Crippen MR) is 64.9 cm³/mol. The summed E-state index contributed by atoms with van der Waals surface area (Å²) in [5, 5.41) is 8.87. The average molecular weight is 309 g/mol. The van der Waals surface area contributed by atoms with Gasteiger partial charge in [0.1, 0.15) is 4.90 Å². The van der Waals surface area contributed by atoms with Gasteiger partial charge < -0.3 is 5.11 Å². The first-order valence-corrected chi connectivity index (χ1v) is 7.54. The first kappa shape index (κ1) is 15.3. The van der Waals surface area contributed by atoms with Crippen LogP contribution < -0.4 is 4.72 Å². The normalized spacial score (nSPS) is 17.2. The van der Waals surface area contributed by atoms with Crippen LogP contribution in [0.2, 0.25) is 0 Å². The van der Waals surface area contributed by atoms with Gasteiger partial charge in [0, 0.05) is 13.2 Å². The number of rotatable bonds is 6. The molecule has 4 nitrogen and oxygen atoms in total. The zero-order chi connectivity index (χ0) is 15.0.